The molecule has 0 unspecified atom stereocenters. The van der Waals surface area contributed by atoms with Crippen LogP contribution in [-0.2, 0) is 0 Å². The van der Waals surface area contributed by atoms with E-state index in [2.05, 4.69) is 105 Å². The van der Waals surface area contributed by atoms with Gasteiger partial charge in [0.05, 0.1) is 39.8 Å². The van der Waals surface area contributed by atoms with Crippen LogP contribution < -0.4 is 0 Å². The standard InChI is InChI=1S/C42H22N6/c1-43-26-19-16-25(17-20-26)39-30-13-8-22-44-41(30)46-42(45-39)48-33-15-7-5-12-29(33)37-35(48)23-31-28-11-4-6-14-32(28)47-34-21-18-24-9-2-3-10-27(24)36(34)38(37)40(31)47/h2-23H. The van der Waals surface area contributed by atoms with Crippen molar-refractivity contribution in [2.24, 2.45) is 0 Å². The second-order valence-electron chi connectivity index (χ2n) is 12.3. The summed E-state index contributed by atoms with van der Waals surface area (Å²) in [6, 6.07) is 44.3. The maximum Gasteiger partial charge on any atom is 0.237 e. The van der Waals surface area contributed by atoms with Gasteiger partial charge in [-0.05, 0) is 52.7 Å². The molecule has 0 amide bonds. The van der Waals surface area contributed by atoms with Crippen LogP contribution in [0.15, 0.2) is 134 Å². The number of hydrogen-bond donors (Lipinski definition) is 0. The summed E-state index contributed by atoms with van der Waals surface area (Å²) in [6.07, 6.45) is 1.78. The van der Waals surface area contributed by atoms with E-state index in [1.54, 1.807) is 6.20 Å². The normalized spacial score (nSPS) is 12.1. The Kier molecular flexibility index (Phi) is 4.82. The molecule has 48 heavy (non-hydrogen) atoms. The molecule has 0 bridgehead atoms. The quantitative estimate of drug-likeness (QED) is 0.183. The van der Waals surface area contributed by atoms with Gasteiger partial charge in [-0.3, -0.25) is 4.57 Å². The molecule has 220 valence electrons. The SMILES string of the molecule is [C-]#[N+]c1ccc(-c2nc(-n3c4ccccc4c4c5c6c7ccccc7ccc6n6c7ccccc7c(cc43)c56)nc3ncccc23)cc1. The number of hydrogen-bond acceptors (Lipinski definition) is 3. The molecule has 0 aliphatic heterocycles. The largest absolute Gasteiger partial charge is 0.308 e. The lowest BCUT2D eigenvalue weighted by Gasteiger charge is -2.11. The Morgan fingerprint density at radius 2 is 1.27 bits per heavy atom. The average molecular weight is 611 g/mol. The van der Waals surface area contributed by atoms with Crippen LogP contribution in [0.2, 0.25) is 0 Å². The molecule has 6 nitrogen and oxygen atoms in total. The molecule has 5 heterocycles. The van der Waals surface area contributed by atoms with Gasteiger partial charge in [-0.1, -0.05) is 91.0 Å². The van der Waals surface area contributed by atoms with Crippen LogP contribution in [0.4, 0.5) is 5.69 Å². The highest BCUT2D eigenvalue weighted by Crippen LogP contribution is 2.48. The van der Waals surface area contributed by atoms with Crippen molar-refractivity contribution in [2.45, 2.75) is 0 Å². The van der Waals surface area contributed by atoms with Gasteiger partial charge in [0.1, 0.15) is 0 Å². The van der Waals surface area contributed by atoms with E-state index in [-0.39, 0.29) is 0 Å². The molecule has 0 saturated carbocycles. The number of nitrogens with zero attached hydrogens (tertiary/aromatic N) is 6. The van der Waals surface area contributed by atoms with Crippen LogP contribution in [0.1, 0.15) is 0 Å². The number of fused-ring (bicyclic) bond motifs is 13. The van der Waals surface area contributed by atoms with Crippen molar-refractivity contribution in [3.05, 3.63) is 145 Å². The summed E-state index contributed by atoms with van der Waals surface area (Å²) in [5, 5.41) is 10.6. The van der Waals surface area contributed by atoms with Gasteiger partial charge < -0.3 is 4.40 Å². The lowest BCUT2D eigenvalue weighted by atomic mass is 9.98. The molecule has 0 spiro atoms. The molecular formula is C42H22N6. The summed E-state index contributed by atoms with van der Waals surface area (Å²) < 4.78 is 4.66. The molecule has 5 aromatic heterocycles. The third-order valence-corrected chi connectivity index (χ3v) is 9.92. The highest BCUT2D eigenvalue weighted by molar-refractivity contribution is 6.38. The topological polar surface area (TPSA) is 52.4 Å². The first-order valence-electron chi connectivity index (χ1n) is 15.9. The number of benzene rings is 6. The monoisotopic (exact) mass is 610 g/mol. The minimum Gasteiger partial charge on any atom is -0.308 e. The van der Waals surface area contributed by atoms with Gasteiger partial charge in [0.15, 0.2) is 11.3 Å². The maximum atomic E-state index is 7.44. The molecule has 11 rings (SSSR count). The molecule has 11 aromatic rings. The second kappa shape index (κ2) is 9.12. The Morgan fingerprint density at radius 1 is 0.542 bits per heavy atom. The zero-order valence-electron chi connectivity index (χ0n) is 25.4. The lowest BCUT2D eigenvalue weighted by Crippen LogP contribution is -2.04. The van der Waals surface area contributed by atoms with Gasteiger partial charge in [-0.15, -0.1) is 0 Å². The molecule has 0 fully saturated rings. The Morgan fingerprint density at radius 3 is 2.12 bits per heavy atom. The maximum absolute atomic E-state index is 7.44. The summed E-state index contributed by atoms with van der Waals surface area (Å²) in [6.45, 7) is 7.44. The van der Waals surface area contributed by atoms with Crippen molar-refractivity contribution in [3.63, 3.8) is 0 Å². The van der Waals surface area contributed by atoms with E-state index in [4.69, 9.17) is 21.5 Å². The Balaban J connectivity index is 1.37. The highest BCUT2D eigenvalue weighted by Gasteiger charge is 2.26. The Hall–Kier alpha value is -6.84. The molecule has 0 saturated heterocycles. The first-order chi connectivity index (χ1) is 23.8. The molecule has 0 aliphatic carbocycles. The van der Waals surface area contributed by atoms with E-state index < -0.39 is 0 Å². The summed E-state index contributed by atoms with van der Waals surface area (Å²) in [5.41, 5.74) is 8.62. The van der Waals surface area contributed by atoms with Gasteiger partial charge >= 0.3 is 0 Å². The number of para-hydroxylation sites is 2. The van der Waals surface area contributed by atoms with Crippen LogP contribution in [0, 0.1) is 6.57 Å². The van der Waals surface area contributed by atoms with Crippen molar-refractivity contribution < 1.29 is 0 Å². The van der Waals surface area contributed by atoms with Gasteiger partial charge in [0.25, 0.3) is 0 Å². The third kappa shape index (κ3) is 3.17. The van der Waals surface area contributed by atoms with Crippen molar-refractivity contribution in [3.8, 4) is 17.2 Å². The molecule has 0 N–H and O–H groups in total. The molecule has 6 aromatic carbocycles. The first kappa shape index (κ1) is 25.4. The van der Waals surface area contributed by atoms with E-state index in [9.17, 15) is 0 Å². The van der Waals surface area contributed by atoms with E-state index in [1.807, 2.05) is 36.4 Å². The number of pyridine rings is 1. The van der Waals surface area contributed by atoms with E-state index in [0.29, 0.717) is 17.3 Å². The van der Waals surface area contributed by atoms with Crippen LogP contribution >= 0.6 is 0 Å². The van der Waals surface area contributed by atoms with Crippen molar-refractivity contribution >= 4 is 87.4 Å². The first-order valence-corrected chi connectivity index (χ1v) is 15.9. The fourth-order valence-electron chi connectivity index (χ4n) is 7.95. The third-order valence-electron chi connectivity index (χ3n) is 9.92. The number of aromatic nitrogens is 5. The van der Waals surface area contributed by atoms with E-state index >= 15 is 0 Å². The fraction of sp³-hybridized carbons (Fsp3) is 0. The van der Waals surface area contributed by atoms with Crippen LogP contribution in [-0.4, -0.2) is 23.9 Å². The van der Waals surface area contributed by atoms with Crippen molar-refractivity contribution in [2.75, 3.05) is 0 Å². The summed E-state index contributed by atoms with van der Waals surface area (Å²) >= 11 is 0. The lowest BCUT2D eigenvalue weighted by molar-refractivity contribution is 1.01. The average Bonchev–Trinajstić information content (AvgIpc) is 3.79. The van der Waals surface area contributed by atoms with Crippen molar-refractivity contribution in [1.82, 2.24) is 23.9 Å². The Bertz CT molecular complexity index is 3180. The highest BCUT2D eigenvalue weighted by atomic mass is 15.2. The minimum atomic E-state index is 0.558. The van der Waals surface area contributed by atoms with E-state index in [1.165, 1.54) is 54.3 Å². The predicted octanol–water partition coefficient (Wildman–Crippen LogP) is 10.6. The smallest absolute Gasteiger partial charge is 0.237 e. The molecule has 0 atom stereocenters. The molecule has 6 heteroatoms. The molecular weight excluding hydrogens is 589 g/mol. The Labute approximate surface area is 272 Å². The van der Waals surface area contributed by atoms with Gasteiger partial charge in [-0.2, -0.15) is 4.98 Å². The van der Waals surface area contributed by atoms with Crippen LogP contribution in [0.5, 0.6) is 0 Å². The van der Waals surface area contributed by atoms with E-state index in [0.717, 1.165) is 33.1 Å². The van der Waals surface area contributed by atoms with Gasteiger partial charge in [-0.25, -0.2) is 14.8 Å². The molecule has 0 radical (unpaired) electrons. The van der Waals surface area contributed by atoms with Crippen molar-refractivity contribution in [1.29, 1.82) is 0 Å². The summed E-state index contributed by atoms with van der Waals surface area (Å²) in [7, 11) is 0. The predicted molar refractivity (Wildman–Crippen MR) is 196 cm³/mol. The fourth-order valence-corrected chi connectivity index (χ4v) is 7.95. The van der Waals surface area contributed by atoms with Gasteiger partial charge in [0, 0.05) is 43.9 Å². The van der Waals surface area contributed by atoms with Crippen LogP contribution in [0.3, 0.4) is 0 Å². The zero-order valence-corrected chi connectivity index (χ0v) is 25.4. The number of rotatable bonds is 2. The molecule has 0 aliphatic rings. The summed E-state index contributed by atoms with van der Waals surface area (Å²) in [5.74, 6) is 0.558. The summed E-state index contributed by atoms with van der Waals surface area (Å²) in [4.78, 5) is 18.7. The second-order valence-corrected chi connectivity index (χ2v) is 12.3. The van der Waals surface area contributed by atoms with Gasteiger partial charge in [0.2, 0.25) is 5.95 Å². The zero-order chi connectivity index (χ0) is 31.5. The minimum absolute atomic E-state index is 0.558. The van der Waals surface area contributed by atoms with Crippen LogP contribution in [0.25, 0.3) is 104 Å².